The Bertz CT molecular complexity index is 3300. The summed E-state index contributed by atoms with van der Waals surface area (Å²) in [5.41, 5.74) is 4.72. The van der Waals surface area contributed by atoms with E-state index in [-0.39, 0.29) is 0 Å². The van der Waals surface area contributed by atoms with Gasteiger partial charge < -0.3 is 29.5 Å². The topological polar surface area (TPSA) is 91.2 Å². The molecule has 0 aliphatic heterocycles. The van der Waals surface area contributed by atoms with Gasteiger partial charge in [0.15, 0.2) is 0 Å². The monoisotopic (exact) mass is 1110 g/mol. The van der Waals surface area contributed by atoms with Crippen LogP contribution in [0.4, 0.5) is 0 Å². The first-order valence-corrected chi connectivity index (χ1v) is 26.5. The summed E-state index contributed by atoms with van der Waals surface area (Å²) in [6, 6.07) is 65.6. The lowest BCUT2D eigenvalue weighted by Gasteiger charge is -2.39. The summed E-state index contributed by atoms with van der Waals surface area (Å²) < 4.78 is 13.7. The molecule has 10 aromatic rings. The van der Waals surface area contributed by atoms with Gasteiger partial charge in [-0.3, -0.25) is 0 Å². The zero-order chi connectivity index (χ0) is 52.0. The van der Waals surface area contributed by atoms with E-state index in [1.807, 2.05) is 125 Å². The second-order valence-electron chi connectivity index (χ2n) is 19.5. The fourth-order valence-corrected chi connectivity index (χ4v) is 11.4. The van der Waals surface area contributed by atoms with Crippen molar-refractivity contribution in [2.24, 2.45) is 0 Å². The first-order chi connectivity index (χ1) is 35.8. The van der Waals surface area contributed by atoms with Crippen molar-refractivity contribution in [2.75, 3.05) is 55.5 Å². The molecule has 10 rings (SSSR count). The highest BCUT2D eigenvalue weighted by Gasteiger charge is 2.45. The zero-order valence-corrected chi connectivity index (χ0v) is 45.9. The van der Waals surface area contributed by atoms with E-state index in [2.05, 4.69) is 139 Å². The van der Waals surface area contributed by atoms with Crippen molar-refractivity contribution >= 4 is 75.2 Å². The number of rotatable bonds is 16. The third kappa shape index (κ3) is 11.0. The summed E-state index contributed by atoms with van der Waals surface area (Å²) >= 11 is 7.21. The first-order valence-electron chi connectivity index (χ1n) is 24.9. The van der Waals surface area contributed by atoms with Crippen LogP contribution in [-0.2, 0) is 11.2 Å². The van der Waals surface area contributed by atoms with Crippen LogP contribution in [0, 0.1) is 0 Å². The summed E-state index contributed by atoms with van der Waals surface area (Å²) in [5.74, 6) is 0.190. The van der Waals surface area contributed by atoms with Crippen LogP contribution in [0.15, 0.2) is 203 Å². The Morgan fingerprint density at radius 3 is 1.19 bits per heavy atom. The maximum atomic E-state index is 13.0. The molecule has 0 saturated carbocycles. The second kappa shape index (κ2) is 22.9. The largest absolute Gasteiger partial charge is 0.481 e. The van der Waals surface area contributed by atoms with Gasteiger partial charge in [0, 0.05) is 55.8 Å². The summed E-state index contributed by atoms with van der Waals surface area (Å²) in [4.78, 5) is 14.0. The van der Waals surface area contributed by atoms with Crippen molar-refractivity contribution < 1.29 is 19.7 Å². The van der Waals surface area contributed by atoms with E-state index in [4.69, 9.17) is 19.4 Å². The highest BCUT2D eigenvalue weighted by molar-refractivity contribution is 9.10. The molecule has 0 aliphatic rings. The lowest BCUT2D eigenvalue weighted by Crippen LogP contribution is -2.38. The molecule has 0 saturated heterocycles. The number of ether oxygens (including phenoxy) is 2. The number of benzene rings is 8. The Balaban J connectivity index is 0.000000182. The van der Waals surface area contributed by atoms with Crippen LogP contribution in [0.3, 0.4) is 0 Å². The van der Waals surface area contributed by atoms with Crippen molar-refractivity contribution in [3.63, 3.8) is 0 Å². The molecule has 2 aromatic heterocycles. The van der Waals surface area contributed by atoms with Crippen LogP contribution in [-0.4, -0.2) is 85.5 Å². The highest BCUT2D eigenvalue weighted by atomic mass is 79.9. The van der Waals surface area contributed by atoms with Gasteiger partial charge in [-0.25, -0.2) is 9.97 Å². The fourth-order valence-electron chi connectivity index (χ4n) is 10.6. The lowest BCUT2D eigenvalue weighted by atomic mass is 9.70. The molecular formula is C64H62Br2N4O4. The molecule has 2 heterocycles. The lowest BCUT2D eigenvalue weighted by molar-refractivity contribution is 0.00490. The number of fused-ring (bicyclic) bond motifs is 4. The molecule has 376 valence electrons. The average Bonchev–Trinajstić information content (AvgIpc) is 3.42. The van der Waals surface area contributed by atoms with Crippen molar-refractivity contribution in [2.45, 2.75) is 35.9 Å². The first kappa shape index (κ1) is 52.4. The van der Waals surface area contributed by atoms with E-state index in [0.29, 0.717) is 37.7 Å². The molecule has 2 N–H and O–H groups in total. The minimum atomic E-state index is -1.25. The summed E-state index contributed by atoms with van der Waals surface area (Å²) in [5, 5.41) is 32.3. The predicted octanol–water partition coefficient (Wildman–Crippen LogP) is 14.3. The Morgan fingerprint density at radius 2 is 0.811 bits per heavy atom. The van der Waals surface area contributed by atoms with Crippen LogP contribution >= 0.6 is 31.9 Å². The van der Waals surface area contributed by atoms with Gasteiger partial charge in [0.2, 0.25) is 11.8 Å². The van der Waals surface area contributed by atoms with Crippen molar-refractivity contribution in [1.29, 1.82) is 0 Å². The van der Waals surface area contributed by atoms with Gasteiger partial charge in [-0.15, -0.1) is 0 Å². The quantitative estimate of drug-likeness (QED) is 0.0989. The number of methoxy groups -OCH3 is 2. The maximum Gasteiger partial charge on any atom is 0.217 e. The second-order valence-corrected chi connectivity index (χ2v) is 21.4. The molecule has 0 amide bonds. The maximum absolute atomic E-state index is 13.0. The number of aliphatic hydroxyl groups is 2. The van der Waals surface area contributed by atoms with Crippen LogP contribution < -0.4 is 9.47 Å². The minimum Gasteiger partial charge on any atom is -0.481 e. The van der Waals surface area contributed by atoms with Crippen LogP contribution in [0.2, 0.25) is 0 Å². The molecule has 0 aliphatic carbocycles. The molecule has 8 aromatic carbocycles. The zero-order valence-electron chi connectivity index (χ0n) is 42.7. The molecule has 8 nitrogen and oxygen atoms in total. The van der Waals surface area contributed by atoms with E-state index in [0.717, 1.165) is 85.7 Å². The van der Waals surface area contributed by atoms with Gasteiger partial charge in [-0.05, 0) is 133 Å². The Labute approximate surface area is 451 Å². The molecular weight excluding hydrogens is 1050 g/mol. The van der Waals surface area contributed by atoms with Crippen LogP contribution in [0.5, 0.6) is 11.8 Å². The van der Waals surface area contributed by atoms with Gasteiger partial charge in [0.05, 0.1) is 25.3 Å². The minimum absolute atomic E-state index is 0.426. The molecule has 0 spiro atoms. The molecule has 0 fully saturated rings. The number of hydrogen-bond donors (Lipinski definition) is 2. The van der Waals surface area contributed by atoms with Gasteiger partial charge in [0.25, 0.3) is 0 Å². The van der Waals surface area contributed by atoms with Crippen LogP contribution in [0.25, 0.3) is 43.4 Å². The van der Waals surface area contributed by atoms with Gasteiger partial charge in [0.1, 0.15) is 11.2 Å². The Morgan fingerprint density at radius 1 is 0.446 bits per heavy atom. The average molecular weight is 1110 g/mol. The third-order valence-corrected chi connectivity index (χ3v) is 15.1. The summed E-state index contributed by atoms with van der Waals surface area (Å²) in [6.07, 6.45) is 1.04. The molecule has 0 radical (unpaired) electrons. The Kier molecular flexibility index (Phi) is 16.2. The predicted molar refractivity (Wildman–Crippen MR) is 311 cm³/mol. The molecule has 4 unspecified atom stereocenters. The van der Waals surface area contributed by atoms with Crippen molar-refractivity contribution in [3.05, 3.63) is 236 Å². The number of nitrogens with zero attached hydrogens (tertiary/aromatic N) is 4. The SMILES string of the molecule is COc1nc2ccc(Br)cc2cc1C(c1ccccc1)C(O)(CCN(C)C)c1cccc2ccccc12.COc1nc2ccc(Br)cc2cc1C(c1ccccc1)C(O)(CCN(C)C)c1cccc2ccccc12. The highest BCUT2D eigenvalue weighted by Crippen LogP contribution is 2.51. The number of hydrogen-bond acceptors (Lipinski definition) is 8. The fraction of sp³-hybridized carbons (Fsp3) is 0.219. The van der Waals surface area contributed by atoms with E-state index in [9.17, 15) is 10.2 Å². The normalized spacial score (nSPS) is 14.1. The number of aromatic nitrogens is 2. The molecule has 0 bridgehead atoms. The summed E-state index contributed by atoms with van der Waals surface area (Å²) in [7, 11) is 11.5. The van der Waals surface area contributed by atoms with E-state index in [1.54, 1.807) is 14.2 Å². The molecule has 10 heteroatoms. The molecule has 4 atom stereocenters. The number of halogens is 2. The van der Waals surface area contributed by atoms with E-state index >= 15 is 0 Å². The standard InChI is InChI=1S/2C32H31BrN2O2/c2*1-35(2)19-18-32(36,28-15-9-13-22-10-7-8-14-26(22)28)30(23-11-5-4-6-12-23)27-21-24-20-25(33)16-17-29(24)34-31(27)37-3/h2*4-17,20-21,30,36H,18-19H2,1-3H3. The van der Waals surface area contributed by atoms with Crippen molar-refractivity contribution in [3.8, 4) is 11.8 Å². The Hall–Kier alpha value is -6.50. The van der Waals surface area contributed by atoms with E-state index in [1.165, 1.54) is 0 Å². The number of pyridine rings is 2. The van der Waals surface area contributed by atoms with Crippen molar-refractivity contribution in [1.82, 2.24) is 19.8 Å². The molecule has 74 heavy (non-hydrogen) atoms. The smallest absolute Gasteiger partial charge is 0.217 e. The summed E-state index contributed by atoms with van der Waals surface area (Å²) in [6.45, 7) is 1.41. The third-order valence-electron chi connectivity index (χ3n) is 14.2. The van der Waals surface area contributed by atoms with Gasteiger partial charge in [-0.2, -0.15) is 0 Å². The van der Waals surface area contributed by atoms with Gasteiger partial charge >= 0.3 is 0 Å². The van der Waals surface area contributed by atoms with E-state index < -0.39 is 23.0 Å². The van der Waals surface area contributed by atoms with Crippen LogP contribution in [0.1, 0.15) is 58.1 Å². The van der Waals surface area contributed by atoms with Gasteiger partial charge in [-0.1, -0.05) is 177 Å².